The predicted octanol–water partition coefficient (Wildman–Crippen LogP) is 3.73. The summed E-state index contributed by atoms with van der Waals surface area (Å²) in [6.45, 7) is 1.99. The molecule has 0 radical (unpaired) electrons. The van der Waals surface area contributed by atoms with Gasteiger partial charge in [0.1, 0.15) is 5.75 Å². The first-order valence-corrected chi connectivity index (χ1v) is 9.26. The van der Waals surface area contributed by atoms with Gasteiger partial charge in [-0.3, -0.25) is 14.9 Å². The number of fused-ring (bicyclic) bond motifs is 1. The van der Waals surface area contributed by atoms with Gasteiger partial charge in [-0.15, -0.1) is 11.3 Å². The van der Waals surface area contributed by atoms with Crippen LogP contribution in [0.2, 0.25) is 0 Å². The van der Waals surface area contributed by atoms with Gasteiger partial charge in [0.15, 0.2) is 11.7 Å². The van der Waals surface area contributed by atoms with Crippen LogP contribution in [-0.2, 0) is 4.79 Å². The van der Waals surface area contributed by atoms with E-state index in [9.17, 15) is 9.59 Å². The summed E-state index contributed by atoms with van der Waals surface area (Å²) in [6.07, 6.45) is 0. The number of hydrogen-bond acceptors (Lipinski definition) is 5. The molecule has 0 aliphatic carbocycles. The molecule has 0 atom stereocenters. The molecule has 6 nitrogen and oxygen atoms in total. The lowest BCUT2D eigenvalue weighted by Gasteiger charge is -2.26. The van der Waals surface area contributed by atoms with E-state index in [4.69, 9.17) is 4.74 Å². The normalized spacial score (nSPS) is 13.1. The van der Waals surface area contributed by atoms with E-state index in [1.54, 1.807) is 18.0 Å². The van der Waals surface area contributed by atoms with Crippen LogP contribution in [0.15, 0.2) is 47.8 Å². The Morgan fingerprint density at radius 3 is 2.93 bits per heavy atom. The highest BCUT2D eigenvalue weighted by atomic mass is 32.1. The SMILES string of the molecule is Cc1cccc(C(=O)Nc2nc(-c3ccc4c(c3)N(C)C(=O)CO4)cs2)c1. The van der Waals surface area contributed by atoms with Gasteiger partial charge in [-0.2, -0.15) is 0 Å². The van der Waals surface area contributed by atoms with Crippen molar-refractivity contribution in [1.82, 2.24) is 4.98 Å². The van der Waals surface area contributed by atoms with E-state index in [2.05, 4.69) is 10.3 Å². The van der Waals surface area contributed by atoms with Crippen molar-refractivity contribution in [2.24, 2.45) is 0 Å². The van der Waals surface area contributed by atoms with Gasteiger partial charge in [0.25, 0.3) is 11.8 Å². The molecule has 0 saturated carbocycles. The number of thiazole rings is 1. The number of aryl methyl sites for hydroxylation is 1. The fraction of sp³-hybridized carbons (Fsp3) is 0.150. The minimum atomic E-state index is -0.191. The molecule has 0 spiro atoms. The average Bonchev–Trinajstić information content (AvgIpc) is 3.13. The van der Waals surface area contributed by atoms with Crippen molar-refractivity contribution in [1.29, 1.82) is 0 Å². The van der Waals surface area contributed by atoms with Crippen molar-refractivity contribution in [2.75, 3.05) is 23.9 Å². The molecule has 7 heteroatoms. The maximum Gasteiger partial charge on any atom is 0.264 e. The van der Waals surface area contributed by atoms with Crippen LogP contribution in [0.4, 0.5) is 10.8 Å². The molecule has 1 N–H and O–H groups in total. The van der Waals surface area contributed by atoms with Crippen molar-refractivity contribution in [3.8, 4) is 17.0 Å². The molecule has 136 valence electrons. The highest BCUT2D eigenvalue weighted by molar-refractivity contribution is 7.14. The molecule has 27 heavy (non-hydrogen) atoms. The van der Waals surface area contributed by atoms with Crippen molar-refractivity contribution in [2.45, 2.75) is 6.92 Å². The molecular formula is C20H17N3O3S. The number of aromatic nitrogens is 1. The number of likely N-dealkylation sites (N-methyl/N-ethyl adjacent to an activating group) is 1. The minimum Gasteiger partial charge on any atom is -0.482 e. The van der Waals surface area contributed by atoms with Gasteiger partial charge in [0.2, 0.25) is 0 Å². The summed E-state index contributed by atoms with van der Waals surface area (Å²) in [5, 5.41) is 5.23. The highest BCUT2D eigenvalue weighted by Crippen LogP contribution is 2.36. The third kappa shape index (κ3) is 3.41. The molecule has 3 aromatic rings. The van der Waals surface area contributed by atoms with Crippen LogP contribution >= 0.6 is 11.3 Å². The number of hydrogen-bond donors (Lipinski definition) is 1. The zero-order valence-electron chi connectivity index (χ0n) is 14.9. The lowest BCUT2D eigenvalue weighted by molar-refractivity contribution is -0.120. The van der Waals surface area contributed by atoms with E-state index in [-0.39, 0.29) is 18.4 Å². The van der Waals surface area contributed by atoms with E-state index in [1.165, 1.54) is 11.3 Å². The molecule has 2 heterocycles. The average molecular weight is 379 g/mol. The number of carbonyl (C=O) groups excluding carboxylic acids is 2. The van der Waals surface area contributed by atoms with Crippen LogP contribution in [0, 0.1) is 6.92 Å². The summed E-state index contributed by atoms with van der Waals surface area (Å²) in [5.74, 6) is 0.386. The maximum atomic E-state index is 12.4. The molecule has 4 rings (SSSR count). The Morgan fingerprint density at radius 1 is 1.26 bits per heavy atom. The van der Waals surface area contributed by atoms with Crippen LogP contribution in [0.3, 0.4) is 0 Å². The molecule has 0 bridgehead atoms. The van der Waals surface area contributed by atoms with Crippen LogP contribution in [0.25, 0.3) is 11.3 Å². The molecule has 0 saturated heterocycles. The second-order valence-electron chi connectivity index (χ2n) is 6.29. The molecule has 2 aromatic carbocycles. The number of nitrogens with zero attached hydrogens (tertiary/aromatic N) is 2. The summed E-state index contributed by atoms with van der Waals surface area (Å²) >= 11 is 1.36. The Hall–Kier alpha value is -3.19. The number of amides is 2. The van der Waals surface area contributed by atoms with E-state index >= 15 is 0 Å². The zero-order chi connectivity index (χ0) is 19.0. The standard InChI is InChI=1S/C20H17N3O3S/c1-12-4-3-5-14(8-12)19(25)22-20-21-15(11-27-20)13-6-7-17-16(9-13)23(2)18(24)10-26-17/h3-9,11H,10H2,1-2H3,(H,21,22,25). The van der Waals surface area contributed by atoms with Crippen molar-refractivity contribution >= 4 is 34.0 Å². The van der Waals surface area contributed by atoms with Gasteiger partial charge in [-0.1, -0.05) is 17.7 Å². The van der Waals surface area contributed by atoms with Gasteiger partial charge < -0.3 is 9.64 Å². The van der Waals surface area contributed by atoms with Crippen LogP contribution in [0.1, 0.15) is 15.9 Å². The van der Waals surface area contributed by atoms with E-state index < -0.39 is 0 Å². The first-order valence-electron chi connectivity index (χ1n) is 8.38. The second-order valence-corrected chi connectivity index (χ2v) is 7.14. The Morgan fingerprint density at radius 2 is 2.11 bits per heavy atom. The number of nitrogens with one attached hydrogen (secondary N) is 1. The minimum absolute atomic E-state index is 0.0503. The lowest BCUT2D eigenvalue weighted by Crippen LogP contribution is -2.35. The number of ether oxygens (including phenoxy) is 1. The summed E-state index contributed by atoms with van der Waals surface area (Å²) in [7, 11) is 1.72. The first-order chi connectivity index (χ1) is 13.0. The number of carbonyl (C=O) groups is 2. The summed E-state index contributed by atoms with van der Waals surface area (Å²) in [4.78, 5) is 30.3. The lowest BCUT2D eigenvalue weighted by atomic mass is 10.1. The summed E-state index contributed by atoms with van der Waals surface area (Å²) in [5.41, 5.74) is 3.91. The highest BCUT2D eigenvalue weighted by Gasteiger charge is 2.23. The van der Waals surface area contributed by atoms with Gasteiger partial charge in [0.05, 0.1) is 11.4 Å². The number of rotatable bonds is 3. The molecule has 0 fully saturated rings. The van der Waals surface area contributed by atoms with Crippen LogP contribution in [-0.4, -0.2) is 30.5 Å². The Kier molecular flexibility index (Phi) is 4.37. The monoisotopic (exact) mass is 379 g/mol. The van der Waals surface area contributed by atoms with Crippen LogP contribution in [0.5, 0.6) is 5.75 Å². The maximum absolute atomic E-state index is 12.4. The second kappa shape index (κ2) is 6.85. The topological polar surface area (TPSA) is 71.5 Å². The third-order valence-corrected chi connectivity index (χ3v) is 5.10. The summed E-state index contributed by atoms with van der Waals surface area (Å²) < 4.78 is 5.45. The molecule has 1 aliphatic heterocycles. The van der Waals surface area contributed by atoms with Gasteiger partial charge in [0, 0.05) is 23.6 Å². The van der Waals surface area contributed by atoms with E-state index in [1.807, 2.05) is 48.7 Å². The Labute approximate surface area is 160 Å². The zero-order valence-corrected chi connectivity index (χ0v) is 15.7. The molecule has 0 unspecified atom stereocenters. The smallest absolute Gasteiger partial charge is 0.264 e. The largest absolute Gasteiger partial charge is 0.482 e. The van der Waals surface area contributed by atoms with Gasteiger partial charge >= 0.3 is 0 Å². The quantitative estimate of drug-likeness (QED) is 0.753. The Bertz CT molecular complexity index is 1040. The molecular weight excluding hydrogens is 362 g/mol. The van der Waals surface area contributed by atoms with Crippen molar-refractivity contribution in [3.05, 3.63) is 59.0 Å². The Balaban J connectivity index is 1.56. The van der Waals surface area contributed by atoms with E-state index in [0.717, 1.165) is 16.8 Å². The first kappa shape index (κ1) is 17.2. The fourth-order valence-corrected chi connectivity index (χ4v) is 3.57. The predicted molar refractivity (Wildman–Crippen MR) is 106 cm³/mol. The third-order valence-electron chi connectivity index (χ3n) is 4.35. The van der Waals surface area contributed by atoms with Crippen molar-refractivity contribution < 1.29 is 14.3 Å². The van der Waals surface area contributed by atoms with Crippen LogP contribution < -0.4 is 15.0 Å². The van der Waals surface area contributed by atoms with Crippen molar-refractivity contribution in [3.63, 3.8) is 0 Å². The molecule has 2 amide bonds. The van der Waals surface area contributed by atoms with E-state index in [0.29, 0.717) is 22.1 Å². The fourth-order valence-electron chi connectivity index (χ4n) is 2.85. The molecule has 1 aromatic heterocycles. The number of benzene rings is 2. The van der Waals surface area contributed by atoms with Gasteiger partial charge in [-0.25, -0.2) is 4.98 Å². The molecule has 1 aliphatic rings. The number of anilines is 2. The summed E-state index contributed by atoms with van der Waals surface area (Å²) in [6, 6.07) is 13.0. The van der Waals surface area contributed by atoms with Gasteiger partial charge in [-0.05, 0) is 37.3 Å².